The molecule has 3 rings (SSSR count). The van der Waals surface area contributed by atoms with Crippen LogP contribution in [0.2, 0.25) is 5.02 Å². The summed E-state index contributed by atoms with van der Waals surface area (Å²) in [4.78, 5) is 2.49. The van der Waals surface area contributed by atoms with Gasteiger partial charge in [-0.05, 0) is 41.9 Å². The van der Waals surface area contributed by atoms with Gasteiger partial charge < -0.3 is 4.90 Å². The van der Waals surface area contributed by atoms with Crippen LogP contribution < -0.4 is 4.90 Å². The highest BCUT2D eigenvalue weighted by molar-refractivity contribution is 6.30. The second kappa shape index (κ2) is 3.66. The van der Waals surface area contributed by atoms with E-state index < -0.39 is 0 Å². The van der Waals surface area contributed by atoms with E-state index in [0.29, 0.717) is 0 Å². The molecule has 1 aromatic rings. The van der Waals surface area contributed by atoms with Gasteiger partial charge in [-0.3, -0.25) is 0 Å². The van der Waals surface area contributed by atoms with Crippen molar-refractivity contribution in [3.8, 4) is 0 Å². The van der Waals surface area contributed by atoms with Gasteiger partial charge in [0.25, 0.3) is 0 Å². The predicted molar refractivity (Wildman–Crippen MR) is 69.0 cm³/mol. The van der Waals surface area contributed by atoms with Crippen LogP contribution in [0.25, 0.3) is 0 Å². The summed E-state index contributed by atoms with van der Waals surface area (Å²) in [5.41, 5.74) is 1.29. The Bertz CT molecular complexity index is 389. The van der Waals surface area contributed by atoms with Crippen molar-refractivity contribution in [1.29, 1.82) is 0 Å². The van der Waals surface area contributed by atoms with E-state index in [1.165, 1.54) is 18.8 Å². The molecule has 0 spiro atoms. The van der Waals surface area contributed by atoms with E-state index in [9.17, 15) is 0 Å². The molecule has 0 radical (unpaired) electrons. The third kappa shape index (κ3) is 1.62. The monoisotopic (exact) mass is 235 g/mol. The molecular formula is C14H18ClN. The zero-order chi connectivity index (χ0) is 11.3. The smallest absolute Gasteiger partial charge is 0.0426 e. The molecule has 1 saturated heterocycles. The Morgan fingerprint density at radius 1 is 1.25 bits per heavy atom. The van der Waals surface area contributed by atoms with Gasteiger partial charge in [0.1, 0.15) is 0 Å². The van der Waals surface area contributed by atoms with Crippen molar-refractivity contribution < 1.29 is 0 Å². The molecule has 2 unspecified atom stereocenters. The fourth-order valence-corrected chi connectivity index (χ4v) is 3.63. The number of rotatable bonds is 2. The lowest BCUT2D eigenvalue weighted by molar-refractivity contribution is 0.480. The van der Waals surface area contributed by atoms with Crippen molar-refractivity contribution in [2.24, 2.45) is 23.7 Å². The van der Waals surface area contributed by atoms with Crippen molar-refractivity contribution in [3.63, 3.8) is 0 Å². The molecule has 0 bridgehead atoms. The van der Waals surface area contributed by atoms with Crippen LogP contribution in [0.4, 0.5) is 5.69 Å². The average Bonchev–Trinajstić information content (AvgIpc) is 2.75. The molecule has 1 heterocycles. The van der Waals surface area contributed by atoms with Crippen LogP contribution in [0.1, 0.15) is 13.8 Å². The number of anilines is 1. The van der Waals surface area contributed by atoms with Gasteiger partial charge in [-0.1, -0.05) is 31.5 Å². The number of fused-ring (bicyclic) bond motifs is 1. The Morgan fingerprint density at radius 3 is 2.50 bits per heavy atom. The molecule has 0 aromatic heterocycles. The molecule has 1 aliphatic carbocycles. The van der Waals surface area contributed by atoms with Gasteiger partial charge >= 0.3 is 0 Å². The van der Waals surface area contributed by atoms with Crippen LogP contribution in [-0.4, -0.2) is 13.1 Å². The molecule has 86 valence electrons. The lowest BCUT2D eigenvalue weighted by Crippen LogP contribution is -2.24. The Hall–Kier alpha value is -0.690. The summed E-state index contributed by atoms with van der Waals surface area (Å²) >= 11 is 6.02. The first-order valence-corrected chi connectivity index (χ1v) is 6.55. The second-order valence-electron chi connectivity index (χ2n) is 5.53. The number of halogens is 1. The van der Waals surface area contributed by atoms with Gasteiger partial charge in [0.15, 0.2) is 0 Å². The van der Waals surface area contributed by atoms with Crippen molar-refractivity contribution >= 4 is 17.3 Å². The van der Waals surface area contributed by atoms with E-state index in [1.807, 2.05) is 12.1 Å². The lowest BCUT2D eigenvalue weighted by atomic mass is 10.0. The summed E-state index contributed by atoms with van der Waals surface area (Å²) in [7, 11) is 0. The third-order valence-corrected chi connectivity index (χ3v) is 4.44. The number of benzene rings is 1. The van der Waals surface area contributed by atoms with Crippen molar-refractivity contribution in [1.82, 2.24) is 0 Å². The largest absolute Gasteiger partial charge is 0.371 e. The van der Waals surface area contributed by atoms with E-state index in [4.69, 9.17) is 11.6 Å². The first kappa shape index (κ1) is 10.5. The minimum absolute atomic E-state index is 0.846. The van der Waals surface area contributed by atoms with Crippen molar-refractivity contribution in [2.45, 2.75) is 13.8 Å². The lowest BCUT2D eigenvalue weighted by Gasteiger charge is -2.23. The minimum atomic E-state index is 0.846. The fourth-order valence-electron chi connectivity index (χ4n) is 3.44. The van der Waals surface area contributed by atoms with Crippen LogP contribution in [0.15, 0.2) is 24.3 Å². The Kier molecular flexibility index (Phi) is 2.39. The molecule has 0 N–H and O–H groups in total. The highest BCUT2D eigenvalue weighted by Gasteiger charge is 2.56. The standard InChI is InChI=1S/C14H18ClN/c1-9(2)14-12-7-16(8-13(12)14)11-5-3-4-10(15)6-11/h3-6,9,12-14H,7-8H2,1-2H3. The van der Waals surface area contributed by atoms with E-state index in [2.05, 4.69) is 30.9 Å². The molecule has 1 saturated carbocycles. The maximum absolute atomic E-state index is 6.02. The van der Waals surface area contributed by atoms with Gasteiger partial charge in [0, 0.05) is 23.8 Å². The number of nitrogens with zero attached hydrogens (tertiary/aromatic N) is 1. The Balaban J connectivity index is 1.69. The van der Waals surface area contributed by atoms with Crippen LogP contribution in [0.5, 0.6) is 0 Å². The predicted octanol–water partition coefficient (Wildman–Crippen LogP) is 3.68. The molecule has 2 atom stereocenters. The van der Waals surface area contributed by atoms with E-state index in [1.54, 1.807) is 0 Å². The number of piperidine rings is 1. The molecule has 16 heavy (non-hydrogen) atoms. The molecule has 2 fully saturated rings. The zero-order valence-electron chi connectivity index (χ0n) is 9.86. The summed E-state index contributed by atoms with van der Waals surface area (Å²) in [6.07, 6.45) is 0. The third-order valence-electron chi connectivity index (χ3n) is 4.20. The summed E-state index contributed by atoms with van der Waals surface area (Å²) < 4.78 is 0. The van der Waals surface area contributed by atoms with Crippen LogP contribution in [0.3, 0.4) is 0 Å². The van der Waals surface area contributed by atoms with Crippen LogP contribution in [-0.2, 0) is 0 Å². The molecule has 2 heteroatoms. The molecular weight excluding hydrogens is 218 g/mol. The summed E-state index contributed by atoms with van der Waals surface area (Å²) in [6, 6.07) is 8.23. The molecule has 1 aromatic carbocycles. The zero-order valence-corrected chi connectivity index (χ0v) is 10.6. The summed E-state index contributed by atoms with van der Waals surface area (Å²) in [6.45, 7) is 7.17. The van der Waals surface area contributed by atoms with Crippen LogP contribution >= 0.6 is 11.6 Å². The molecule has 2 aliphatic rings. The van der Waals surface area contributed by atoms with Crippen LogP contribution in [0, 0.1) is 23.7 Å². The number of hydrogen-bond acceptors (Lipinski definition) is 1. The highest BCUT2D eigenvalue weighted by Crippen LogP contribution is 2.56. The normalized spacial score (nSPS) is 32.0. The average molecular weight is 236 g/mol. The van der Waals surface area contributed by atoms with Crippen molar-refractivity contribution in [2.75, 3.05) is 18.0 Å². The van der Waals surface area contributed by atoms with Crippen molar-refractivity contribution in [3.05, 3.63) is 29.3 Å². The van der Waals surface area contributed by atoms with Gasteiger partial charge in [0.2, 0.25) is 0 Å². The van der Waals surface area contributed by atoms with Gasteiger partial charge in [-0.2, -0.15) is 0 Å². The van der Waals surface area contributed by atoms with E-state index in [0.717, 1.165) is 28.7 Å². The van der Waals surface area contributed by atoms with E-state index in [-0.39, 0.29) is 0 Å². The summed E-state index contributed by atoms with van der Waals surface area (Å²) in [5, 5.41) is 0.846. The van der Waals surface area contributed by atoms with E-state index >= 15 is 0 Å². The maximum atomic E-state index is 6.02. The Morgan fingerprint density at radius 2 is 1.94 bits per heavy atom. The van der Waals surface area contributed by atoms with Gasteiger partial charge in [-0.25, -0.2) is 0 Å². The molecule has 0 amide bonds. The van der Waals surface area contributed by atoms with Gasteiger partial charge in [-0.15, -0.1) is 0 Å². The SMILES string of the molecule is CC(C)C1C2CN(c3cccc(Cl)c3)CC21. The Labute approximate surface area is 102 Å². The second-order valence-corrected chi connectivity index (χ2v) is 5.97. The highest BCUT2D eigenvalue weighted by atomic mass is 35.5. The maximum Gasteiger partial charge on any atom is 0.0426 e. The minimum Gasteiger partial charge on any atom is -0.371 e. The van der Waals surface area contributed by atoms with Gasteiger partial charge in [0.05, 0.1) is 0 Å². The molecule has 1 nitrogen and oxygen atoms in total. The first-order chi connectivity index (χ1) is 7.66. The number of hydrogen-bond donors (Lipinski definition) is 0. The fraction of sp³-hybridized carbons (Fsp3) is 0.571. The summed E-state index contributed by atoms with van der Waals surface area (Å²) in [5.74, 6) is 3.73. The molecule has 1 aliphatic heterocycles. The quantitative estimate of drug-likeness (QED) is 0.756. The first-order valence-electron chi connectivity index (χ1n) is 6.17. The topological polar surface area (TPSA) is 3.24 Å².